The highest BCUT2D eigenvalue weighted by atomic mass is 35.5. The second kappa shape index (κ2) is 7.03. The Balaban J connectivity index is 1.64. The Labute approximate surface area is 165 Å². The van der Waals surface area contributed by atoms with E-state index in [1.54, 1.807) is 25.3 Å². The van der Waals surface area contributed by atoms with Crippen molar-refractivity contribution in [3.8, 4) is 0 Å². The normalized spacial score (nSPS) is 28.4. The molecule has 0 radical (unpaired) electrons. The van der Waals surface area contributed by atoms with Crippen molar-refractivity contribution < 1.29 is 23.8 Å². The van der Waals surface area contributed by atoms with Crippen LogP contribution in [0.2, 0.25) is 5.15 Å². The van der Waals surface area contributed by atoms with Crippen molar-refractivity contribution in [1.29, 1.82) is 0 Å². The number of nitrogens with zero attached hydrogens (tertiary/aromatic N) is 4. The fourth-order valence-electron chi connectivity index (χ4n) is 3.43. The first-order chi connectivity index (χ1) is 13.3. The first-order valence-corrected chi connectivity index (χ1v) is 9.32. The molecule has 2 aliphatic heterocycles. The molecule has 1 N–H and O–H groups in total. The predicted molar refractivity (Wildman–Crippen MR) is 96.4 cm³/mol. The third kappa shape index (κ3) is 3.26. The summed E-state index contributed by atoms with van der Waals surface area (Å²) in [6, 6.07) is 0. The molecule has 0 spiro atoms. The van der Waals surface area contributed by atoms with Crippen molar-refractivity contribution in [3.05, 3.63) is 17.8 Å². The highest BCUT2D eigenvalue weighted by molar-refractivity contribution is 6.33. The van der Waals surface area contributed by atoms with Crippen molar-refractivity contribution in [2.45, 2.75) is 57.5 Å². The summed E-state index contributed by atoms with van der Waals surface area (Å²) in [5, 5.41) is 2.82. The zero-order chi connectivity index (χ0) is 20.1. The van der Waals surface area contributed by atoms with Crippen LogP contribution in [0.5, 0.6) is 0 Å². The van der Waals surface area contributed by atoms with Gasteiger partial charge in [-0.1, -0.05) is 18.5 Å². The molecule has 0 aromatic carbocycles. The summed E-state index contributed by atoms with van der Waals surface area (Å²) in [7, 11) is 0. The molecule has 0 aliphatic carbocycles. The average molecular weight is 410 g/mol. The van der Waals surface area contributed by atoms with E-state index in [-0.39, 0.29) is 17.5 Å². The molecule has 2 aliphatic rings. The molecule has 2 aromatic heterocycles. The Morgan fingerprint density at radius 1 is 1.25 bits per heavy atom. The molecule has 2 aromatic rings. The summed E-state index contributed by atoms with van der Waals surface area (Å²) in [6.07, 6.45) is 0.310. The SMILES string of the molecule is CCC(=O)CNC(=O)[C@H]1O[C@@H](n2cnc3c(Cl)ncnc32)[C@@H]2OC(C)(C)O[C@@H]21. The van der Waals surface area contributed by atoms with Crippen LogP contribution in [-0.4, -0.2) is 61.9 Å². The van der Waals surface area contributed by atoms with Crippen molar-refractivity contribution in [3.63, 3.8) is 0 Å². The van der Waals surface area contributed by atoms with Crippen LogP contribution in [0.3, 0.4) is 0 Å². The Bertz CT molecular complexity index is 932. The number of nitrogens with one attached hydrogen (secondary N) is 1. The van der Waals surface area contributed by atoms with Gasteiger partial charge in [0.2, 0.25) is 0 Å². The molecule has 4 rings (SSSR count). The zero-order valence-corrected chi connectivity index (χ0v) is 16.3. The van der Waals surface area contributed by atoms with Crippen molar-refractivity contribution in [1.82, 2.24) is 24.8 Å². The van der Waals surface area contributed by atoms with Crippen LogP contribution in [0.1, 0.15) is 33.4 Å². The largest absolute Gasteiger partial charge is 0.347 e. The first kappa shape index (κ1) is 19.2. The van der Waals surface area contributed by atoms with E-state index < -0.39 is 36.2 Å². The lowest BCUT2D eigenvalue weighted by atomic mass is 10.1. The van der Waals surface area contributed by atoms with Gasteiger partial charge in [0, 0.05) is 6.42 Å². The maximum absolute atomic E-state index is 12.7. The van der Waals surface area contributed by atoms with Gasteiger partial charge in [0.25, 0.3) is 5.91 Å². The maximum Gasteiger partial charge on any atom is 0.252 e. The van der Waals surface area contributed by atoms with E-state index in [9.17, 15) is 9.59 Å². The quantitative estimate of drug-likeness (QED) is 0.726. The highest BCUT2D eigenvalue weighted by Crippen LogP contribution is 2.43. The molecule has 11 heteroatoms. The Morgan fingerprint density at radius 3 is 2.75 bits per heavy atom. The van der Waals surface area contributed by atoms with Crippen LogP contribution in [0.15, 0.2) is 12.7 Å². The van der Waals surface area contributed by atoms with Crippen molar-refractivity contribution in [2.24, 2.45) is 0 Å². The molecular formula is C17H20ClN5O5. The molecule has 0 saturated carbocycles. The van der Waals surface area contributed by atoms with E-state index in [2.05, 4.69) is 20.3 Å². The summed E-state index contributed by atoms with van der Waals surface area (Å²) in [5.41, 5.74) is 0.878. The van der Waals surface area contributed by atoms with Crippen LogP contribution >= 0.6 is 11.6 Å². The molecule has 4 atom stereocenters. The minimum atomic E-state index is -0.948. The van der Waals surface area contributed by atoms with Gasteiger partial charge in [0.1, 0.15) is 24.1 Å². The third-order valence-corrected chi connectivity index (χ3v) is 5.01. The van der Waals surface area contributed by atoms with E-state index in [1.165, 1.54) is 12.7 Å². The van der Waals surface area contributed by atoms with E-state index in [0.29, 0.717) is 17.6 Å². The Morgan fingerprint density at radius 2 is 2.00 bits per heavy atom. The van der Waals surface area contributed by atoms with Gasteiger partial charge in [-0.25, -0.2) is 15.0 Å². The number of ketones is 1. The number of aromatic nitrogens is 4. The summed E-state index contributed by atoms with van der Waals surface area (Å²) in [5.74, 6) is -1.40. The number of Topliss-reactive ketones (excluding diaryl/α,β-unsaturated/α-hetero) is 1. The van der Waals surface area contributed by atoms with Crippen LogP contribution in [0.25, 0.3) is 11.2 Å². The summed E-state index contributed by atoms with van der Waals surface area (Å²) in [4.78, 5) is 36.6. The lowest BCUT2D eigenvalue weighted by Gasteiger charge is -2.24. The van der Waals surface area contributed by atoms with Gasteiger partial charge in [-0.15, -0.1) is 0 Å². The lowest BCUT2D eigenvalue weighted by molar-refractivity contribution is -0.197. The number of carbonyl (C=O) groups excluding carboxylic acids is 2. The second-order valence-electron chi connectivity index (χ2n) is 7.11. The van der Waals surface area contributed by atoms with Gasteiger partial charge < -0.3 is 19.5 Å². The van der Waals surface area contributed by atoms with Crippen LogP contribution in [0, 0.1) is 0 Å². The van der Waals surface area contributed by atoms with E-state index in [1.807, 2.05) is 0 Å². The average Bonchev–Trinajstić information content (AvgIpc) is 3.30. The topological polar surface area (TPSA) is 117 Å². The monoisotopic (exact) mass is 409 g/mol. The van der Waals surface area contributed by atoms with Crippen LogP contribution in [0.4, 0.5) is 0 Å². The third-order valence-electron chi connectivity index (χ3n) is 4.73. The molecule has 1 amide bonds. The van der Waals surface area contributed by atoms with Crippen LogP contribution < -0.4 is 5.32 Å². The van der Waals surface area contributed by atoms with Crippen LogP contribution in [-0.2, 0) is 23.8 Å². The van der Waals surface area contributed by atoms with E-state index in [0.717, 1.165) is 0 Å². The summed E-state index contributed by atoms with van der Waals surface area (Å²) >= 11 is 6.08. The summed E-state index contributed by atoms with van der Waals surface area (Å²) < 4.78 is 19.6. The number of hydrogen-bond acceptors (Lipinski definition) is 8. The summed E-state index contributed by atoms with van der Waals surface area (Å²) in [6.45, 7) is 5.21. The molecule has 150 valence electrons. The molecule has 2 fully saturated rings. The Kier molecular flexibility index (Phi) is 4.82. The number of carbonyl (C=O) groups is 2. The number of fused-ring (bicyclic) bond motifs is 2. The number of halogens is 1. The molecule has 28 heavy (non-hydrogen) atoms. The van der Waals surface area contributed by atoms with Gasteiger partial charge >= 0.3 is 0 Å². The van der Waals surface area contributed by atoms with Gasteiger partial charge in [-0.3, -0.25) is 14.2 Å². The van der Waals surface area contributed by atoms with Crippen molar-refractivity contribution in [2.75, 3.05) is 6.54 Å². The first-order valence-electron chi connectivity index (χ1n) is 8.94. The number of imidazole rings is 1. The standard InChI is InChI=1S/C17H20ClN5O5/c1-4-8(24)5-19-15(25)11-10-12(28-17(2,3)27-10)16(26-11)23-7-22-9-13(18)20-6-21-14(9)23/h6-7,10-12,16H,4-5H2,1-3H3,(H,19,25)/t10-,11+,12-,16-/m1/s1. The number of hydrogen-bond donors (Lipinski definition) is 1. The second-order valence-corrected chi connectivity index (χ2v) is 7.47. The van der Waals surface area contributed by atoms with E-state index in [4.69, 9.17) is 25.8 Å². The smallest absolute Gasteiger partial charge is 0.252 e. The van der Waals surface area contributed by atoms with E-state index >= 15 is 0 Å². The number of amides is 1. The van der Waals surface area contributed by atoms with Gasteiger partial charge in [0.05, 0.1) is 12.9 Å². The maximum atomic E-state index is 12.7. The lowest BCUT2D eigenvalue weighted by Crippen LogP contribution is -2.44. The Hall–Kier alpha value is -2.14. The predicted octanol–water partition coefficient (Wildman–Crippen LogP) is 0.992. The number of ether oxygens (including phenoxy) is 3. The van der Waals surface area contributed by atoms with Gasteiger partial charge in [-0.05, 0) is 13.8 Å². The highest BCUT2D eigenvalue weighted by Gasteiger charge is 2.58. The molecule has 4 heterocycles. The minimum absolute atomic E-state index is 0.0572. The zero-order valence-electron chi connectivity index (χ0n) is 15.6. The fraction of sp³-hybridized carbons (Fsp3) is 0.588. The molecule has 0 unspecified atom stereocenters. The van der Waals surface area contributed by atoms with Gasteiger partial charge in [-0.2, -0.15) is 0 Å². The molecule has 10 nitrogen and oxygen atoms in total. The van der Waals surface area contributed by atoms with Crippen molar-refractivity contribution >= 4 is 34.5 Å². The molecule has 0 bridgehead atoms. The molecular weight excluding hydrogens is 390 g/mol. The minimum Gasteiger partial charge on any atom is -0.347 e. The fourth-order valence-corrected chi connectivity index (χ4v) is 3.61. The molecule has 2 saturated heterocycles. The van der Waals surface area contributed by atoms with Gasteiger partial charge in [0.15, 0.2) is 34.7 Å². The number of rotatable bonds is 5.